The van der Waals surface area contributed by atoms with Crippen molar-refractivity contribution in [1.82, 2.24) is 5.32 Å². The number of rotatable bonds is 2. The highest BCUT2D eigenvalue weighted by Crippen LogP contribution is 2.34. The van der Waals surface area contributed by atoms with Crippen molar-refractivity contribution >= 4 is 0 Å². The molecule has 1 aromatic carbocycles. The van der Waals surface area contributed by atoms with Crippen LogP contribution in [-0.4, -0.2) is 18.2 Å². The van der Waals surface area contributed by atoms with Gasteiger partial charge in [0.05, 0.1) is 5.60 Å². The van der Waals surface area contributed by atoms with E-state index >= 15 is 0 Å². The molecular weight excluding hydrogens is 198 g/mol. The third-order valence-corrected chi connectivity index (χ3v) is 3.77. The SMILES string of the molecule is Cc1ccc(C(C)(O)C2CCNCC2)cc1. The Bertz CT molecular complexity index is 336. The van der Waals surface area contributed by atoms with Gasteiger partial charge in [0.25, 0.3) is 0 Å². The second kappa shape index (κ2) is 4.56. The number of hydrogen-bond acceptors (Lipinski definition) is 2. The zero-order chi connectivity index (χ0) is 11.6. The van der Waals surface area contributed by atoms with Gasteiger partial charge in [-0.1, -0.05) is 29.8 Å². The monoisotopic (exact) mass is 219 g/mol. The molecule has 2 heteroatoms. The van der Waals surface area contributed by atoms with E-state index in [1.807, 2.05) is 6.92 Å². The fourth-order valence-electron chi connectivity index (χ4n) is 2.51. The Balaban J connectivity index is 2.19. The van der Waals surface area contributed by atoms with Gasteiger partial charge < -0.3 is 10.4 Å². The van der Waals surface area contributed by atoms with E-state index in [1.165, 1.54) is 5.56 Å². The summed E-state index contributed by atoms with van der Waals surface area (Å²) in [6.45, 7) is 6.07. The zero-order valence-corrected chi connectivity index (χ0v) is 10.2. The van der Waals surface area contributed by atoms with Crippen molar-refractivity contribution in [2.75, 3.05) is 13.1 Å². The first-order valence-electron chi connectivity index (χ1n) is 6.11. The molecule has 88 valence electrons. The van der Waals surface area contributed by atoms with Gasteiger partial charge in [0.1, 0.15) is 0 Å². The van der Waals surface area contributed by atoms with Gasteiger partial charge in [0.2, 0.25) is 0 Å². The predicted octanol–water partition coefficient (Wildman–Crippen LogP) is 2.20. The fourth-order valence-corrected chi connectivity index (χ4v) is 2.51. The van der Waals surface area contributed by atoms with Crippen LogP contribution in [0.3, 0.4) is 0 Å². The molecule has 1 aliphatic heterocycles. The molecule has 1 atom stereocenters. The van der Waals surface area contributed by atoms with Gasteiger partial charge in [-0.05, 0) is 51.3 Å². The highest BCUT2D eigenvalue weighted by molar-refractivity contribution is 5.26. The summed E-state index contributed by atoms with van der Waals surface area (Å²) in [5.74, 6) is 0.372. The van der Waals surface area contributed by atoms with Crippen LogP contribution in [0.15, 0.2) is 24.3 Å². The van der Waals surface area contributed by atoms with Crippen LogP contribution in [0.5, 0.6) is 0 Å². The minimum absolute atomic E-state index is 0.372. The minimum Gasteiger partial charge on any atom is -0.385 e. The summed E-state index contributed by atoms with van der Waals surface area (Å²) in [5.41, 5.74) is 1.60. The van der Waals surface area contributed by atoms with E-state index in [9.17, 15) is 5.11 Å². The summed E-state index contributed by atoms with van der Waals surface area (Å²) in [6.07, 6.45) is 2.11. The predicted molar refractivity (Wildman–Crippen MR) is 66.3 cm³/mol. The average molecular weight is 219 g/mol. The molecule has 0 bridgehead atoms. The second-order valence-corrected chi connectivity index (χ2v) is 5.04. The molecule has 2 rings (SSSR count). The van der Waals surface area contributed by atoms with Crippen molar-refractivity contribution < 1.29 is 5.11 Å². The molecule has 1 unspecified atom stereocenters. The van der Waals surface area contributed by atoms with Crippen molar-refractivity contribution in [2.45, 2.75) is 32.3 Å². The molecule has 1 heterocycles. The molecule has 1 saturated heterocycles. The number of benzene rings is 1. The van der Waals surface area contributed by atoms with E-state index in [4.69, 9.17) is 0 Å². The Morgan fingerprint density at radius 1 is 1.19 bits per heavy atom. The summed E-state index contributed by atoms with van der Waals surface area (Å²) >= 11 is 0. The van der Waals surface area contributed by atoms with Crippen molar-refractivity contribution in [3.8, 4) is 0 Å². The molecule has 2 nitrogen and oxygen atoms in total. The molecule has 2 N–H and O–H groups in total. The molecule has 1 fully saturated rings. The number of nitrogens with one attached hydrogen (secondary N) is 1. The van der Waals surface area contributed by atoms with E-state index in [2.05, 4.69) is 36.5 Å². The van der Waals surface area contributed by atoms with Crippen molar-refractivity contribution in [2.24, 2.45) is 5.92 Å². The average Bonchev–Trinajstić information content (AvgIpc) is 2.31. The molecule has 0 aromatic heterocycles. The maximum atomic E-state index is 10.7. The van der Waals surface area contributed by atoms with E-state index in [0.29, 0.717) is 5.92 Å². The molecule has 1 aromatic rings. The smallest absolute Gasteiger partial charge is 0.0897 e. The van der Waals surface area contributed by atoms with Gasteiger partial charge >= 0.3 is 0 Å². The summed E-state index contributed by atoms with van der Waals surface area (Å²) in [4.78, 5) is 0. The maximum absolute atomic E-state index is 10.7. The molecule has 16 heavy (non-hydrogen) atoms. The lowest BCUT2D eigenvalue weighted by molar-refractivity contribution is -0.0186. The molecule has 0 amide bonds. The fraction of sp³-hybridized carbons (Fsp3) is 0.571. The van der Waals surface area contributed by atoms with Crippen molar-refractivity contribution in [3.05, 3.63) is 35.4 Å². The van der Waals surface area contributed by atoms with E-state index in [1.54, 1.807) is 0 Å². The van der Waals surface area contributed by atoms with Crippen LogP contribution in [0.1, 0.15) is 30.9 Å². The van der Waals surface area contributed by atoms with Crippen LogP contribution in [0.25, 0.3) is 0 Å². The largest absolute Gasteiger partial charge is 0.385 e. The van der Waals surface area contributed by atoms with Crippen LogP contribution in [0.2, 0.25) is 0 Å². The Hall–Kier alpha value is -0.860. The normalized spacial score (nSPS) is 21.7. The van der Waals surface area contributed by atoms with Gasteiger partial charge in [0, 0.05) is 0 Å². The Morgan fingerprint density at radius 3 is 2.31 bits per heavy atom. The summed E-state index contributed by atoms with van der Waals surface area (Å²) in [5, 5.41) is 14.0. The van der Waals surface area contributed by atoms with Gasteiger partial charge in [-0.15, -0.1) is 0 Å². The third-order valence-electron chi connectivity index (χ3n) is 3.77. The molecule has 0 saturated carbocycles. The first kappa shape index (κ1) is 11.6. The van der Waals surface area contributed by atoms with Gasteiger partial charge in [0.15, 0.2) is 0 Å². The summed E-state index contributed by atoms with van der Waals surface area (Å²) < 4.78 is 0. The van der Waals surface area contributed by atoms with Crippen LogP contribution < -0.4 is 5.32 Å². The lowest BCUT2D eigenvalue weighted by atomic mass is 9.77. The van der Waals surface area contributed by atoms with Crippen LogP contribution in [0.4, 0.5) is 0 Å². The van der Waals surface area contributed by atoms with Gasteiger partial charge in [-0.2, -0.15) is 0 Å². The van der Waals surface area contributed by atoms with Crippen LogP contribution >= 0.6 is 0 Å². The van der Waals surface area contributed by atoms with E-state index < -0.39 is 5.60 Å². The lowest BCUT2D eigenvalue weighted by Gasteiger charge is -2.36. The molecule has 0 aliphatic carbocycles. The second-order valence-electron chi connectivity index (χ2n) is 5.04. The highest BCUT2D eigenvalue weighted by atomic mass is 16.3. The Morgan fingerprint density at radius 2 is 1.75 bits per heavy atom. The summed E-state index contributed by atoms with van der Waals surface area (Å²) in [6, 6.07) is 8.25. The van der Waals surface area contributed by atoms with Crippen molar-refractivity contribution in [1.29, 1.82) is 0 Å². The van der Waals surface area contributed by atoms with E-state index in [0.717, 1.165) is 31.5 Å². The van der Waals surface area contributed by atoms with E-state index in [-0.39, 0.29) is 0 Å². The molecule has 0 spiro atoms. The van der Waals surface area contributed by atoms with Gasteiger partial charge in [-0.25, -0.2) is 0 Å². The van der Waals surface area contributed by atoms with Crippen LogP contribution in [-0.2, 0) is 5.60 Å². The third kappa shape index (κ3) is 2.28. The number of piperidine rings is 1. The standard InChI is InChI=1S/C14H21NO/c1-11-3-5-12(6-4-11)14(2,16)13-7-9-15-10-8-13/h3-6,13,15-16H,7-10H2,1-2H3. The number of hydrogen-bond donors (Lipinski definition) is 2. The Kier molecular flexibility index (Phi) is 3.31. The summed E-state index contributed by atoms with van der Waals surface area (Å²) in [7, 11) is 0. The number of aliphatic hydroxyl groups is 1. The first-order chi connectivity index (χ1) is 7.60. The Labute approximate surface area is 97.7 Å². The molecular formula is C14H21NO. The lowest BCUT2D eigenvalue weighted by Crippen LogP contribution is -2.39. The quantitative estimate of drug-likeness (QED) is 0.799. The number of aryl methyl sites for hydroxylation is 1. The zero-order valence-electron chi connectivity index (χ0n) is 10.2. The van der Waals surface area contributed by atoms with Crippen LogP contribution in [0, 0.1) is 12.8 Å². The van der Waals surface area contributed by atoms with Gasteiger partial charge in [-0.3, -0.25) is 0 Å². The highest BCUT2D eigenvalue weighted by Gasteiger charge is 2.34. The first-order valence-corrected chi connectivity index (χ1v) is 6.11. The molecule has 1 aliphatic rings. The topological polar surface area (TPSA) is 32.3 Å². The van der Waals surface area contributed by atoms with Crippen molar-refractivity contribution in [3.63, 3.8) is 0 Å². The maximum Gasteiger partial charge on any atom is 0.0897 e. The minimum atomic E-state index is -0.685. The molecule has 0 radical (unpaired) electrons.